The number of amides is 1. The van der Waals surface area contributed by atoms with E-state index in [1.807, 2.05) is 11.0 Å². The summed E-state index contributed by atoms with van der Waals surface area (Å²) in [6.45, 7) is 3.21. The number of thioether (sulfide) groups is 1. The molecule has 8 heteroatoms. The summed E-state index contributed by atoms with van der Waals surface area (Å²) < 4.78 is 1.58. The van der Waals surface area contributed by atoms with Gasteiger partial charge in [-0.3, -0.25) is 4.79 Å². The van der Waals surface area contributed by atoms with Gasteiger partial charge in [-0.1, -0.05) is 62.1 Å². The lowest BCUT2D eigenvalue weighted by Crippen LogP contribution is -2.49. The first-order chi connectivity index (χ1) is 14.7. The van der Waals surface area contributed by atoms with Gasteiger partial charge in [0.1, 0.15) is 0 Å². The number of nitrogens with two attached hydrogens (primary N) is 1. The molecule has 2 aliphatic rings. The molecule has 2 fully saturated rings. The Kier molecular flexibility index (Phi) is 7.15. The van der Waals surface area contributed by atoms with Crippen LogP contribution in [0.3, 0.4) is 0 Å². The minimum absolute atomic E-state index is 0.138. The lowest BCUT2D eigenvalue weighted by Gasteiger charge is -2.36. The molecule has 1 aliphatic heterocycles. The minimum Gasteiger partial charge on any atom is -0.368 e. The Morgan fingerprint density at radius 1 is 1.03 bits per heavy atom. The van der Waals surface area contributed by atoms with E-state index in [2.05, 4.69) is 39.4 Å². The predicted octanol–water partition coefficient (Wildman–Crippen LogP) is 2.95. The first-order valence-corrected chi connectivity index (χ1v) is 12.1. The van der Waals surface area contributed by atoms with Crippen LogP contribution in [0.4, 0.5) is 5.69 Å². The summed E-state index contributed by atoms with van der Waals surface area (Å²) >= 11 is 1.39. The third-order valence-electron chi connectivity index (χ3n) is 6.31. The van der Waals surface area contributed by atoms with E-state index in [-0.39, 0.29) is 5.91 Å². The molecule has 1 aliphatic carbocycles. The fourth-order valence-electron chi connectivity index (χ4n) is 4.46. The van der Waals surface area contributed by atoms with Gasteiger partial charge in [0.15, 0.2) is 5.82 Å². The molecule has 1 saturated heterocycles. The summed E-state index contributed by atoms with van der Waals surface area (Å²) in [5, 5.41) is 9.12. The van der Waals surface area contributed by atoms with Gasteiger partial charge in [-0.15, -0.1) is 10.2 Å². The highest BCUT2D eigenvalue weighted by Crippen LogP contribution is 2.27. The van der Waals surface area contributed by atoms with E-state index in [0.717, 1.165) is 50.8 Å². The summed E-state index contributed by atoms with van der Waals surface area (Å²) in [6, 6.07) is 10.4. The van der Waals surface area contributed by atoms with Gasteiger partial charge >= 0.3 is 0 Å². The second kappa shape index (κ2) is 10.2. The third kappa shape index (κ3) is 5.28. The number of piperazine rings is 1. The maximum atomic E-state index is 12.7. The first-order valence-electron chi connectivity index (χ1n) is 11.1. The molecule has 0 spiro atoms. The molecule has 1 aromatic heterocycles. The third-order valence-corrected chi connectivity index (χ3v) is 7.24. The molecule has 30 heavy (non-hydrogen) atoms. The minimum atomic E-state index is 0.138. The molecule has 1 amide bonds. The zero-order valence-corrected chi connectivity index (χ0v) is 18.4. The standard InChI is InChI=1S/C22H32N6OS/c23-28-20(12-11-18-7-3-1-4-8-18)24-25-22(28)30-17-21(29)27-15-13-26(14-16-27)19-9-5-2-6-10-19/h2,5-6,9-10,18H,1,3-4,7-8,11-17,23H2. The van der Waals surface area contributed by atoms with Gasteiger partial charge in [-0.2, -0.15) is 0 Å². The zero-order chi connectivity index (χ0) is 20.8. The lowest BCUT2D eigenvalue weighted by atomic mass is 9.86. The maximum Gasteiger partial charge on any atom is 0.233 e. The summed E-state index contributed by atoms with van der Waals surface area (Å²) in [7, 11) is 0. The second-order valence-corrected chi connectivity index (χ2v) is 9.25. The van der Waals surface area contributed by atoms with Gasteiger partial charge in [0.25, 0.3) is 0 Å². The molecule has 1 aromatic carbocycles. The first kappa shape index (κ1) is 21.0. The van der Waals surface area contributed by atoms with Crippen molar-refractivity contribution >= 4 is 23.4 Å². The highest BCUT2D eigenvalue weighted by atomic mass is 32.2. The molecule has 0 radical (unpaired) electrons. The molecule has 4 rings (SSSR count). The number of anilines is 1. The van der Waals surface area contributed by atoms with Crippen LogP contribution in [0.1, 0.15) is 44.3 Å². The van der Waals surface area contributed by atoms with E-state index >= 15 is 0 Å². The Balaban J connectivity index is 1.22. The number of carbonyl (C=O) groups excluding carboxylic acids is 1. The van der Waals surface area contributed by atoms with Crippen LogP contribution >= 0.6 is 11.8 Å². The van der Waals surface area contributed by atoms with Gasteiger partial charge in [0, 0.05) is 38.3 Å². The number of hydrogen-bond acceptors (Lipinski definition) is 6. The van der Waals surface area contributed by atoms with Crippen molar-refractivity contribution in [3.05, 3.63) is 36.2 Å². The number of carbonyl (C=O) groups is 1. The predicted molar refractivity (Wildman–Crippen MR) is 121 cm³/mol. The Labute approximate surface area is 183 Å². The van der Waals surface area contributed by atoms with E-state index in [0.29, 0.717) is 10.9 Å². The Hall–Kier alpha value is -2.22. The molecule has 1 saturated carbocycles. The van der Waals surface area contributed by atoms with Crippen molar-refractivity contribution in [3.63, 3.8) is 0 Å². The van der Waals surface area contributed by atoms with E-state index in [4.69, 9.17) is 5.84 Å². The molecule has 0 unspecified atom stereocenters. The lowest BCUT2D eigenvalue weighted by molar-refractivity contribution is -0.128. The smallest absolute Gasteiger partial charge is 0.233 e. The fourth-order valence-corrected chi connectivity index (χ4v) is 5.23. The summed E-state index contributed by atoms with van der Waals surface area (Å²) in [4.78, 5) is 16.9. The molecular weight excluding hydrogens is 396 g/mol. The van der Waals surface area contributed by atoms with Crippen LogP contribution in [0.2, 0.25) is 0 Å². The fraction of sp³-hybridized carbons (Fsp3) is 0.591. The molecule has 162 valence electrons. The molecule has 0 atom stereocenters. The van der Waals surface area contributed by atoms with E-state index in [1.54, 1.807) is 4.68 Å². The van der Waals surface area contributed by atoms with Crippen LogP contribution in [0.25, 0.3) is 0 Å². The Bertz CT molecular complexity index is 812. The highest BCUT2D eigenvalue weighted by Gasteiger charge is 2.22. The highest BCUT2D eigenvalue weighted by molar-refractivity contribution is 7.99. The molecule has 0 bridgehead atoms. The van der Waals surface area contributed by atoms with Gasteiger partial charge in [0.05, 0.1) is 5.75 Å². The number of rotatable bonds is 7. The monoisotopic (exact) mass is 428 g/mol. The number of nitrogens with zero attached hydrogens (tertiary/aromatic N) is 5. The number of hydrogen-bond donors (Lipinski definition) is 1. The summed E-state index contributed by atoms with van der Waals surface area (Å²) in [5.74, 6) is 8.31. The largest absolute Gasteiger partial charge is 0.368 e. The summed E-state index contributed by atoms with van der Waals surface area (Å²) in [6.07, 6.45) is 8.72. The normalized spacial score (nSPS) is 18.0. The molecule has 2 N–H and O–H groups in total. The van der Waals surface area contributed by atoms with Crippen molar-refractivity contribution in [1.29, 1.82) is 0 Å². The second-order valence-electron chi connectivity index (χ2n) is 8.30. The van der Waals surface area contributed by atoms with Crippen molar-refractivity contribution in [2.45, 2.75) is 50.1 Å². The average molecular weight is 429 g/mol. The molecule has 2 heterocycles. The maximum absolute atomic E-state index is 12.7. The summed E-state index contributed by atoms with van der Waals surface area (Å²) in [5.41, 5.74) is 1.22. The number of nitrogen functional groups attached to an aromatic ring is 1. The van der Waals surface area contributed by atoms with Crippen LogP contribution < -0.4 is 10.7 Å². The molecule has 7 nitrogen and oxygen atoms in total. The van der Waals surface area contributed by atoms with Crippen LogP contribution in [-0.2, 0) is 11.2 Å². The van der Waals surface area contributed by atoms with Gasteiger partial charge in [0.2, 0.25) is 11.1 Å². The molecule has 2 aromatic rings. The number of aryl methyl sites for hydroxylation is 1. The van der Waals surface area contributed by atoms with Crippen molar-refractivity contribution in [3.8, 4) is 0 Å². The van der Waals surface area contributed by atoms with Gasteiger partial charge in [-0.05, 0) is 24.5 Å². The van der Waals surface area contributed by atoms with Crippen molar-refractivity contribution in [2.75, 3.05) is 42.7 Å². The SMILES string of the molecule is Nn1c(CCC2CCCCC2)nnc1SCC(=O)N1CCN(c2ccccc2)CC1. The van der Waals surface area contributed by atoms with Crippen molar-refractivity contribution < 1.29 is 4.79 Å². The van der Waals surface area contributed by atoms with Crippen LogP contribution in [0.5, 0.6) is 0 Å². The van der Waals surface area contributed by atoms with E-state index < -0.39 is 0 Å². The van der Waals surface area contributed by atoms with Crippen molar-refractivity contribution in [2.24, 2.45) is 5.92 Å². The van der Waals surface area contributed by atoms with Gasteiger partial charge < -0.3 is 15.6 Å². The van der Waals surface area contributed by atoms with E-state index in [9.17, 15) is 4.79 Å². The molecular formula is C22H32N6OS. The number of benzene rings is 1. The Morgan fingerprint density at radius 2 is 1.77 bits per heavy atom. The van der Waals surface area contributed by atoms with Crippen LogP contribution in [0, 0.1) is 5.92 Å². The quantitative estimate of drug-likeness (QED) is 0.539. The van der Waals surface area contributed by atoms with Crippen LogP contribution in [0.15, 0.2) is 35.5 Å². The zero-order valence-electron chi connectivity index (χ0n) is 17.6. The average Bonchev–Trinajstić information content (AvgIpc) is 3.16. The Morgan fingerprint density at radius 3 is 2.50 bits per heavy atom. The number of para-hydroxylation sites is 1. The van der Waals surface area contributed by atoms with E-state index in [1.165, 1.54) is 49.6 Å². The topological polar surface area (TPSA) is 80.3 Å². The number of aromatic nitrogens is 3. The van der Waals surface area contributed by atoms with Crippen molar-refractivity contribution in [1.82, 2.24) is 19.8 Å². The van der Waals surface area contributed by atoms with Crippen LogP contribution in [-0.4, -0.2) is 57.6 Å². The van der Waals surface area contributed by atoms with Gasteiger partial charge in [-0.25, -0.2) is 4.68 Å².